The Morgan fingerprint density at radius 2 is 1.38 bits per heavy atom. The number of aliphatic imine (C=N–C) groups is 1. The monoisotopic (exact) mass is 1190 g/mol. The van der Waals surface area contributed by atoms with Crippen molar-refractivity contribution in [3.8, 4) is 11.5 Å². The number of rotatable bonds is 3. The minimum Gasteiger partial charge on any atom is -1.00 e. The van der Waals surface area contributed by atoms with Crippen LogP contribution in [0.4, 0.5) is 0 Å². The first-order valence-electron chi connectivity index (χ1n) is 20.3. The van der Waals surface area contributed by atoms with E-state index in [9.17, 15) is 9.59 Å². The summed E-state index contributed by atoms with van der Waals surface area (Å²) in [5.74, 6) is 2.03. The normalized spacial score (nSPS) is 25.3. The molecule has 4 heterocycles. The summed E-state index contributed by atoms with van der Waals surface area (Å²) < 4.78 is 14.9. The smallest absolute Gasteiger partial charge is 1.00 e. The van der Waals surface area contributed by atoms with Crippen LogP contribution >= 0.6 is 78.4 Å². The molecule has 1 saturated heterocycles. The second-order valence-corrected chi connectivity index (χ2v) is 18.7. The van der Waals surface area contributed by atoms with E-state index in [-0.39, 0.29) is 147 Å². The maximum atomic E-state index is 13.5. The molecule has 11 nitrogen and oxygen atoms in total. The summed E-state index contributed by atoms with van der Waals surface area (Å²) in [5, 5.41) is 15.6. The summed E-state index contributed by atoms with van der Waals surface area (Å²) in [7, 11) is 1.82. The van der Waals surface area contributed by atoms with Gasteiger partial charge in [0.2, 0.25) is 0 Å². The summed E-state index contributed by atoms with van der Waals surface area (Å²) in [6, 6.07) is 29.1. The molecule has 0 radical (unpaired) electrons. The first kappa shape index (κ1) is 54.7. The van der Waals surface area contributed by atoms with Crippen molar-refractivity contribution in [2.24, 2.45) is 4.99 Å². The first-order valence-corrected chi connectivity index (χ1v) is 25.6. The van der Waals surface area contributed by atoms with E-state index < -0.39 is 11.1 Å². The second kappa shape index (κ2) is 24.5. The molecule has 0 aromatic heterocycles. The molecule has 10 rings (SSSR count). The van der Waals surface area contributed by atoms with Crippen LogP contribution < -0.4 is 128 Å². The van der Waals surface area contributed by atoms with Crippen molar-refractivity contribution in [2.45, 2.75) is 86.5 Å². The van der Waals surface area contributed by atoms with Crippen LogP contribution in [0, 0.1) is 0 Å². The van der Waals surface area contributed by atoms with Crippen molar-refractivity contribution in [1.29, 1.82) is 0 Å². The van der Waals surface area contributed by atoms with Crippen LogP contribution in [0.1, 0.15) is 85.2 Å². The number of hydrogen-bond donors (Lipinski definition) is 2. The van der Waals surface area contributed by atoms with Crippen molar-refractivity contribution in [1.82, 2.24) is 15.5 Å². The third kappa shape index (κ3) is 11.2. The van der Waals surface area contributed by atoms with Crippen molar-refractivity contribution >= 4 is 107 Å². The van der Waals surface area contributed by atoms with Crippen molar-refractivity contribution < 1.29 is 138 Å². The average molecular weight is 1200 g/mol. The number of amides is 2. The number of ether oxygens (including phenoxy) is 2. The van der Waals surface area contributed by atoms with Crippen molar-refractivity contribution in [3.63, 3.8) is 0 Å². The van der Waals surface area contributed by atoms with Gasteiger partial charge in [0.25, 0.3) is 18.3 Å². The Morgan fingerprint density at radius 3 is 1.86 bits per heavy atom. The number of aryl methyl sites for hydroxylation is 2. The largest absolute Gasteiger partial charge is 1.00 e. The molecular weight excluding hydrogens is 1150 g/mol. The van der Waals surface area contributed by atoms with E-state index in [2.05, 4.69) is 119 Å². The maximum absolute atomic E-state index is 13.5. The summed E-state index contributed by atoms with van der Waals surface area (Å²) in [4.78, 5) is 46.4. The summed E-state index contributed by atoms with van der Waals surface area (Å²) in [6.45, 7) is -0.181. The van der Waals surface area contributed by atoms with E-state index in [0.29, 0.717) is 18.0 Å². The fourth-order valence-electron chi connectivity index (χ4n) is 9.86. The maximum Gasteiger partial charge on any atom is 1.00 e. The van der Waals surface area contributed by atoms with Crippen LogP contribution in [0.5, 0.6) is 11.5 Å². The van der Waals surface area contributed by atoms with E-state index in [1.54, 1.807) is 4.90 Å². The van der Waals surface area contributed by atoms with E-state index >= 15 is 0 Å². The summed E-state index contributed by atoms with van der Waals surface area (Å²) in [5.41, 5.74) is 5.46. The molecule has 2 N–H and O–H groups in total. The van der Waals surface area contributed by atoms with E-state index in [4.69, 9.17) is 36.7 Å². The fraction of sp³-hybridized carbons (Fsp3) is 0.370. The van der Waals surface area contributed by atoms with E-state index in [0.717, 1.165) is 75.3 Å². The van der Waals surface area contributed by atoms with Gasteiger partial charge < -0.3 is 31.7 Å². The number of likely N-dealkylation sites (N-methyl/N-ethyl adjacent to an activating group) is 1. The van der Waals surface area contributed by atoms with Crippen LogP contribution in [0.3, 0.4) is 0 Å². The molecule has 2 aliphatic carbocycles. The topological polar surface area (TPSA) is 142 Å². The van der Waals surface area contributed by atoms with Crippen LogP contribution in [0.25, 0.3) is 0 Å². The summed E-state index contributed by atoms with van der Waals surface area (Å²) in [6.07, 6.45) is 9.59. The molecule has 4 aliphatic heterocycles. The zero-order valence-corrected chi connectivity index (χ0v) is 49.5. The number of thioether (sulfide) groups is 1. The van der Waals surface area contributed by atoms with Gasteiger partial charge in [-0.3, -0.25) is 19.3 Å². The van der Waals surface area contributed by atoms with Gasteiger partial charge in [0.05, 0.1) is 0 Å². The standard InChI is InChI=1S/C23H23BrN2O2S.C21H19BrN2O2S.CH3I.CH2O3.2K.H/c1-26-21(27)23(25-22(26)29-2)13-20(28-19-11-10-15(24)12-18(19)23)17-9-5-7-14-6-3-4-8-16(14)17;22-13-8-9-17-16(10-13)21(19(25)23-20(27)24-21)11-18(26-17)15-7-3-5-12-4-1-2-6-14(12)15;1-2;2-1-4-3;;;/h3-4,6,8,10-12,17,20H,5,7,9,13H2,1-2H3;1-2,4,6,8-10,15,18H,3,5,7,11H2,(H2,23,24,25,27);1H3;1,3H;;;/q;;;;2*+1;-1/p-1. The van der Waals surface area contributed by atoms with Crippen LogP contribution in [0.15, 0.2) is 98.9 Å². The molecule has 64 heavy (non-hydrogen) atoms. The number of hydrogen-bond acceptors (Lipinski definition) is 10. The van der Waals surface area contributed by atoms with Crippen molar-refractivity contribution in [2.75, 3.05) is 18.2 Å². The average Bonchev–Trinajstić information content (AvgIpc) is 3.72. The Labute approximate surface area is 501 Å². The Balaban J connectivity index is 0.000000244. The molecular formula is C46H47Br2IK2N4O7S2. The Bertz CT molecular complexity index is 2410. The van der Waals surface area contributed by atoms with Gasteiger partial charge in [-0.15, -0.1) is 0 Å². The molecule has 4 aromatic rings. The van der Waals surface area contributed by atoms with Crippen LogP contribution in [-0.2, 0) is 43.2 Å². The summed E-state index contributed by atoms with van der Waals surface area (Å²) >= 11 is 16.0. The Morgan fingerprint density at radius 1 is 0.875 bits per heavy atom. The number of carbonyl (C=O) groups is 3. The number of nitrogens with zero attached hydrogens (tertiary/aromatic N) is 2. The van der Waals surface area contributed by atoms with E-state index in [1.807, 2.05) is 54.6 Å². The van der Waals surface area contributed by atoms with Crippen LogP contribution in [-0.4, -0.2) is 63.9 Å². The van der Waals surface area contributed by atoms with Crippen LogP contribution in [0.2, 0.25) is 0 Å². The van der Waals surface area contributed by atoms with Gasteiger partial charge in [-0.05, 0) is 121 Å². The van der Waals surface area contributed by atoms with Crippen molar-refractivity contribution in [3.05, 3.63) is 127 Å². The van der Waals surface area contributed by atoms with Gasteiger partial charge in [-0.25, -0.2) is 4.99 Å². The van der Waals surface area contributed by atoms with Gasteiger partial charge >= 0.3 is 103 Å². The molecule has 0 saturated carbocycles. The number of fused-ring (bicyclic) bond motifs is 6. The third-order valence-electron chi connectivity index (χ3n) is 12.5. The SMILES string of the molecule is CI.CSC1=NC2(CC(C3CCCc4ccccc43)Oc3ccc(Br)cc32)C(=O)N1C.O=C1NC(=S)NC12CC(C1CCCc3ccccc31)Oc1ccc(Br)cc12.O=CO[O-].[H-].[K+].[K+]. The Hall–Kier alpha value is -0.277. The minimum absolute atomic E-state index is 0. The molecule has 328 valence electrons. The first-order chi connectivity index (χ1) is 30.0. The molecule has 6 aliphatic rings. The predicted octanol–water partition coefficient (Wildman–Crippen LogP) is 2.63. The van der Waals surface area contributed by atoms with Gasteiger partial charge in [-0.2, -0.15) is 0 Å². The number of benzene rings is 4. The number of amidine groups is 1. The predicted molar refractivity (Wildman–Crippen MR) is 260 cm³/mol. The molecule has 6 atom stereocenters. The fourth-order valence-corrected chi connectivity index (χ4v) is 11.5. The Kier molecular flexibility index (Phi) is 20.9. The second-order valence-electron chi connectivity index (χ2n) is 15.7. The molecule has 6 unspecified atom stereocenters. The zero-order valence-electron chi connectivity index (χ0n) is 37.3. The molecule has 2 spiro atoms. The molecule has 1 fully saturated rings. The third-order valence-corrected chi connectivity index (χ3v) is 14.4. The van der Waals surface area contributed by atoms with Gasteiger partial charge in [0.15, 0.2) is 21.4 Å². The number of halogens is 3. The number of carbonyl (C=O) groups excluding carboxylic acids is 3. The molecule has 0 bridgehead atoms. The molecule has 2 amide bonds. The molecule has 18 heteroatoms. The van der Waals surface area contributed by atoms with Gasteiger partial charge in [0.1, 0.15) is 23.7 Å². The minimum atomic E-state index is -0.901. The quantitative estimate of drug-likeness (QED) is 0.0599. The molecule has 4 aromatic carbocycles. The van der Waals surface area contributed by atoms with Gasteiger partial charge in [-0.1, -0.05) is 115 Å². The zero-order chi connectivity index (χ0) is 44.2. The number of thiocarbonyl (C=S) groups is 1. The number of nitrogens with one attached hydrogen (secondary N) is 2. The van der Waals surface area contributed by atoms with E-state index in [1.165, 1.54) is 34.0 Å². The van der Waals surface area contributed by atoms with Gasteiger partial charge in [0, 0.05) is 51.8 Å². The number of alkyl halides is 1.